The first-order valence-corrected chi connectivity index (χ1v) is 5.04. The first-order chi connectivity index (χ1) is 2.91. The van der Waals surface area contributed by atoms with Crippen molar-refractivity contribution in [1.82, 2.24) is 0 Å². The zero-order valence-electron chi connectivity index (χ0n) is 4.68. The van der Waals surface area contributed by atoms with Crippen molar-refractivity contribution in [3.8, 4) is 0 Å². The second kappa shape index (κ2) is 15.7. The quantitative estimate of drug-likeness (QED) is 0.422. The van der Waals surface area contributed by atoms with E-state index in [1.807, 2.05) is 0 Å². The molecule has 0 spiro atoms. The van der Waals surface area contributed by atoms with Crippen LogP contribution in [0.4, 0.5) is 0 Å². The molecule has 50 valence electrons. The van der Waals surface area contributed by atoms with Gasteiger partial charge in [-0.1, -0.05) is 0 Å². The third kappa shape index (κ3) is 15.7. The Kier molecular flexibility index (Phi) is 31.4. The third-order valence-electron chi connectivity index (χ3n) is 0.588. The Morgan fingerprint density at radius 2 is 1.62 bits per heavy atom. The van der Waals surface area contributed by atoms with E-state index in [9.17, 15) is 0 Å². The van der Waals surface area contributed by atoms with E-state index in [2.05, 4.69) is 0 Å². The Labute approximate surface area is 68.3 Å². The van der Waals surface area contributed by atoms with Gasteiger partial charge in [0.2, 0.25) is 0 Å². The summed E-state index contributed by atoms with van der Waals surface area (Å²) in [6.45, 7) is 0. The van der Waals surface area contributed by atoms with Crippen LogP contribution in [-0.2, 0) is 0 Å². The molecule has 0 aromatic carbocycles. The van der Waals surface area contributed by atoms with Gasteiger partial charge < -0.3 is 11.0 Å². The van der Waals surface area contributed by atoms with Crippen LogP contribution in [0.15, 0.2) is 0 Å². The molecule has 8 heavy (non-hydrogen) atoms. The topological polar surface area (TPSA) is 60.0 Å². The molecule has 2 nitrogen and oxygen atoms in total. The van der Waals surface area contributed by atoms with E-state index in [4.69, 9.17) is 11.6 Å². The number of hydrogen-bond acceptors (Lipinski definition) is 2. The summed E-state index contributed by atoms with van der Waals surface area (Å²) in [4.78, 5) is 0. The van der Waals surface area contributed by atoms with Crippen LogP contribution in [0.3, 0.4) is 0 Å². The van der Waals surface area contributed by atoms with E-state index >= 15 is 0 Å². The van der Waals surface area contributed by atoms with Crippen LogP contribution in [0.1, 0.15) is 12.8 Å². The van der Waals surface area contributed by atoms with Gasteiger partial charge in [0.1, 0.15) is 0 Å². The smallest absolute Gasteiger partial charge is 0.870 e. The minimum atomic E-state index is 0. The van der Waals surface area contributed by atoms with Crippen molar-refractivity contribution in [3.63, 3.8) is 0 Å². The summed E-state index contributed by atoms with van der Waals surface area (Å²) in [7, 11) is 0. The van der Waals surface area contributed by atoms with E-state index in [1.54, 1.807) is 0 Å². The molecular formula is C4H11ClO2Sn. The molecule has 0 saturated carbocycles. The molecule has 0 radical (unpaired) electrons. The zero-order chi connectivity index (χ0) is 4.83. The summed E-state index contributed by atoms with van der Waals surface area (Å²) in [5.74, 6) is 0.848. The van der Waals surface area contributed by atoms with Crippen molar-refractivity contribution in [2.75, 3.05) is 5.88 Å². The fraction of sp³-hybridized carbons (Fsp3) is 1.00. The van der Waals surface area contributed by atoms with Crippen molar-refractivity contribution in [2.45, 2.75) is 17.3 Å². The predicted octanol–water partition coefficient (Wildman–Crippen LogP) is 0.971. The van der Waals surface area contributed by atoms with Gasteiger partial charge in [0.25, 0.3) is 0 Å². The number of hydrogen-bond donors (Lipinski definition) is 0. The molecule has 0 heterocycles. The van der Waals surface area contributed by atoms with Crippen LogP contribution in [0.25, 0.3) is 0 Å². The van der Waals surface area contributed by atoms with Crippen molar-refractivity contribution in [3.05, 3.63) is 0 Å². The minimum Gasteiger partial charge on any atom is -0.870 e. The van der Waals surface area contributed by atoms with Crippen LogP contribution in [0.5, 0.6) is 0 Å². The molecular weight excluding hydrogens is 234 g/mol. The molecule has 0 aromatic rings. The molecule has 0 rings (SSSR count). The Morgan fingerprint density at radius 1 is 1.12 bits per heavy atom. The fourth-order valence-corrected chi connectivity index (χ4v) is 1.25. The van der Waals surface area contributed by atoms with Gasteiger partial charge >= 0.3 is 57.3 Å². The molecule has 0 atom stereocenters. The first-order valence-electron chi connectivity index (χ1n) is 2.18. The minimum absolute atomic E-state index is 0. The summed E-state index contributed by atoms with van der Waals surface area (Å²) in [6.07, 6.45) is 2.55. The Hall–Kier alpha value is 1.01. The van der Waals surface area contributed by atoms with Gasteiger partial charge in [0.15, 0.2) is 0 Å². The van der Waals surface area contributed by atoms with Gasteiger partial charge in [-0.2, -0.15) is 0 Å². The van der Waals surface area contributed by atoms with Gasteiger partial charge in [-0.05, 0) is 0 Å². The summed E-state index contributed by atoms with van der Waals surface area (Å²) in [5.41, 5.74) is 0. The number of rotatable bonds is 3. The summed E-state index contributed by atoms with van der Waals surface area (Å²) in [5, 5.41) is 0. The van der Waals surface area contributed by atoms with Crippen molar-refractivity contribution >= 4 is 34.1 Å². The summed E-state index contributed by atoms with van der Waals surface area (Å²) in [6, 6.07) is 0. The third-order valence-corrected chi connectivity index (χ3v) is 2.02. The molecule has 0 bridgehead atoms. The summed E-state index contributed by atoms with van der Waals surface area (Å²) >= 11 is 6.79. The molecule has 0 fully saturated rings. The second-order valence-corrected chi connectivity index (χ2v) is 3.21. The van der Waals surface area contributed by atoms with Gasteiger partial charge in [-0.25, -0.2) is 0 Å². The van der Waals surface area contributed by atoms with E-state index in [0.29, 0.717) is 0 Å². The van der Waals surface area contributed by atoms with Crippen LogP contribution in [0, 0.1) is 0 Å². The Bertz CT molecular complexity index is 26.0. The number of alkyl halides is 1. The molecule has 0 saturated heterocycles. The average molecular weight is 245 g/mol. The van der Waals surface area contributed by atoms with Crippen LogP contribution < -0.4 is 0 Å². The van der Waals surface area contributed by atoms with Crippen LogP contribution >= 0.6 is 11.6 Å². The molecule has 0 aliphatic carbocycles. The number of unbranched alkanes of at least 4 members (excludes halogenated alkanes) is 1. The molecule has 0 aliphatic rings. The van der Waals surface area contributed by atoms with Gasteiger partial charge in [-0.15, -0.1) is 0 Å². The Balaban J connectivity index is -0.000000125. The van der Waals surface area contributed by atoms with Crippen molar-refractivity contribution in [2.24, 2.45) is 0 Å². The first kappa shape index (κ1) is 16.0. The Morgan fingerprint density at radius 3 is 1.75 bits per heavy atom. The van der Waals surface area contributed by atoms with E-state index in [1.165, 1.54) is 39.8 Å². The zero-order valence-corrected chi connectivity index (χ0v) is 8.73. The molecule has 2 N–H and O–H groups in total. The van der Waals surface area contributed by atoms with E-state index < -0.39 is 0 Å². The van der Waals surface area contributed by atoms with E-state index in [0.717, 1.165) is 5.88 Å². The van der Waals surface area contributed by atoms with Gasteiger partial charge in [0, 0.05) is 0 Å². The standard InChI is InChI=1S/C4H8Cl.2H2O.Sn.H/c1-2-3-4-5;;;;/h1-4H2;2*1H2;;/q;;;+2;/p-2. The molecule has 0 aromatic heterocycles. The van der Waals surface area contributed by atoms with Crippen molar-refractivity contribution < 1.29 is 11.0 Å². The SMILES string of the molecule is ClCCC[CH2][SnH+2].[OH-].[OH-]. The van der Waals surface area contributed by atoms with Crippen LogP contribution in [-0.4, -0.2) is 39.4 Å². The normalized spacial score (nSPS) is 6.50. The predicted molar refractivity (Wildman–Crippen MR) is 35.8 cm³/mol. The molecule has 0 unspecified atom stereocenters. The molecule has 0 aliphatic heterocycles. The second-order valence-electron chi connectivity index (χ2n) is 1.18. The number of halogens is 1. The van der Waals surface area contributed by atoms with E-state index in [-0.39, 0.29) is 11.0 Å². The maximum absolute atomic E-state index is 5.39. The maximum Gasteiger partial charge on any atom is -0.870 e. The maximum atomic E-state index is 5.39. The average Bonchev–Trinajstić information content (AvgIpc) is 1.61. The van der Waals surface area contributed by atoms with Gasteiger partial charge in [0.05, 0.1) is 0 Å². The largest absolute Gasteiger partial charge is 0.870 e. The molecule has 4 heteroatoms. The molecule has 0 amide bonds. The van der Waals surface area contributed by atoms with Crippen molar-refractivity contribution in [1.29, 1.82) is 0 Å². The fourth-order valence-electron chi connectivity index (χ4n) is 0.239. The monoisotopic (exact) mass is 246 g/mol. The van der Waals surface area contributed by atoms with Gasteiger partial charge in [-0.3, -0.25) is 0 Å². The summed E-state index contributed by atoms with van der Waals surface area (Å²) < 4.78 is 1.40. The van der Waals surface area contributed by atoms with Crippen LogP contribution in [0.2, 0.25) is 4.44 Å².